The third-order valence-corrected chi connectivity index (χ3v) is 5.16. The van der Waals surface area contributed by atoms with E-state index in [9.17, 15) is 0 Å². The number of hydrogen-bond donors (Lipinski definition) is 1. The molecule has 17 heavy (non-hydrogen) atoms. The van der Waals surface area contributed by atoms with Crippen molar-refractivity contribution in [3.63, 3.8) is 0 Å². The molecule has 2 aliphatic rings. The second-order valence-electron chi connectivity index (χ2n) is 5.80. The predicted octanol–water partition coefficient (Wildman–Crippen LogP) is 3.85. The second kappa shape index (κ2) is 5.53. The molecule has 0 amide bonds. The van der Waals surface area contributed by atoms with Crippen LogP contribution in [-0.2, 0) is 6.42 Å². The van der Waals surface area contributed by atoms with E-state index in [1.807, 2.05) is 11.3 Å². The Morgan fingerprint density at radius 3 is 2.88 bits per heavy atom. The quantitative estimate of drug-likeness (QED) is 0.836. The van der Waals surface area contributed by atoms with Gasteiger partial charge in [0.1, 0.15) is 0 Å². The molecule has 2 aliphatic carbocycles. The fraction of sp³-hybridized carbons (Fsp3) is 0.733. The predicted molar refractivity (Wildman–Crippen MR) is 74.5 cm³/mol. The number of rotatable bonds is 5. The molecule has 1 aromatic rings. The lowest BCUT2D eigenvalue weighted by atomic mass is 9.82. The molecule has 1 nitrogen and oxygen atoms in total. The lowest BCUT2D eigenvalue weighted by molar-refractivity contribution is 0.262. The standard InChI is InChI=1S/C15H23NS/c1-2-14(13-4-5-13)10-15(3-1)16-8-6-12-7-9-17-11-12/h7,9,11,13-16H,1-6,8,10H2. The highest BCUT2D eigenvalue weighted by atomic mass is 32.1. The van der Waals surface area contributed by atoms with Crippen molar-refractivity contribution in [2.45, 2.75) is 51.0 Å². The fourth-order valence-corrected chi connectivity index (χ4v) is 3.97. The summed E-state index contributed by atoms with van der Waals surface area (Å²) in [6.45, 7) is 1.17. The molecule has 2 atom stereocenters. The van der Waals surface area contributed by atoms with E-state index in [-0.39, 0.29) is 0 Å². The molecule has 0 saturated heterocycles. The van der Waals surface area contributed by atoms with E-state index in [2.05, 4.69) is 22.1 Å². The van der Waals surface area contributed by atoms with Gasteiger partial charge < -0.3 is 5.32 Å². The van der Waals surface area contributed by atoms with Gasteiger partial charge in [-0.3, -0.25) is 0 Å². The van der Waals surface area contributed by atoms with Gasteiger partial charge in [0, 0.05) is 6.04 Å². The minimum atomic E-state index is 0.813. The van der Waals surface area contributed by atoms with E-state index in [1.54, 1.807) is 0 Å². The molecule has 0 spiro atoms. The third-order valence-electron chi connectivity index (χ3n) is 4.43. The van der Waals surface area contributed by atoms with Crippen molar-refractivity contribution in [2.24, 2.45) is 11.8 Å². The summed E-state index contributed by atoms with van der Waals surface area (Å²) in [4.78, 5) is 0. The van der Waals surface area contributed by atoms with Crippen molar-refractivity contribution in [3.05, 3.63) is 22.4 Å². The van der Waals surface area contributed by atoms with Crippen LogP contribution in [0.25, 0.3) is 0 Å². The fourth-order valence-electron chi connectivity index (χ4n) is 3.26. The average Bonchev–Trinajstić information content (AvgIpc) is 3.09. The summed E-state index contributed by atoms with van der Waals surface area (Å²) in [5.41, 5.74) is 1.50. The molecule has 3 rings (SSSR count). The van der Waals surface area contributed by atoms with Gasteiger partial charge in [-0.15, -0.1) is 0 Å². The number of nitrogens with one attached hydrogen (secondary N) is 1. The summed E-state index contributed by atoms with van der Waals surface area (Å²) < 4.78 is 0. The van der Waals surface area contributed by atoms with E-state index < -0.39 is 0 Å². The largest absolute Gasteiger partial charge is 0.314 e. The normalized spacial score (nSPS) is 29.4. The van der Waals surface area contributed by atoms with Crippen LogP contribution in [0.2, 0.25) is 0 Å². The summed E-state index contributed by atoms with van der Waals surface area (Å²) in [6.07, 6.45) is 10.1. The molecule has 2 saturated carbocycles. The van der Waals surface area contributed by atoms with Gasteiger partial charge in [0.25, 0.3) is 0 Å². The van der Waals surface area contributed by atoms with Gasteiger partial charge in [0.05, 0.1) is 0 Å². The molecule has 0 bridgehead atoms. The molecule has 0 aromatic carbocycles. The van der Waals surface area contributed by atoms with Crippen molar-refractivity contribution in [1.29, 1.82) is 0 Å². The second-order valence-corrected chi connectivity index (χ2v) is 6.58. The molecule has 94 valence electrons. The van der Waals surface area contributed by atoms with Crippen LogP contribution in [-0.4, -0.2) is 12.6 Å². The van der Waals surface area contributed by atoms with Crippen LogP contribution < -0.4 is 5.32 Å². The maximum absolute atomic E-state index is 3.78. The van der Waals surface area contributed by atoms with E-state index >= 15 is 0 Å². The Morgan fingerprint density at radius 2 is 2.12 bits per heavy atom. The first kappa shape index (κ1) is 11.7. The van der Waals surface area contributed by atoms with Gasteiger partial charge in [-0.1, -0.05) is 12.8 Å². The molecular weight excluding hydrogens is 226 g/mol. The van der Waals surface area contributed by atoms with Gasteiger partial charge >= 0.3 is 0 Å². The Bertz CT molecular complexity index is 329. The van der Waals surface area contributed by atoms with Crippen LogP contribution in [0.15, 0.2) is 16.8 Å². The summed E-state index contributed by atoms with van der Waals surface area (Å²) >= 11 is 1.81. The maximum atomic E-state index is 3.78. The summed E-state index contributed by atoms with van der Waals surface area (Å²) in [7, 11) is 0. The molecular formula is C15H23NS. The van der Waals surface area contributed by atoms with Crippen LogP contribution in [0.5, 0.6) is 0 Å². The monoisotopic (exact) mass is 249 g/mol. The van der Waals surface area contributed by atoms with E-state index in [4.69, 9.17) is 0 Å². The van der Waals surface area contributed by atoms with Gasteiger partial charge in [-0.2, -0.15) is 11.3 Å². The van der Waals surface area contributed by atoms with Gasteiger partial charge in [-0.05, 0) is 72.9 Å². The Labute approximate surface area is 109 Å². The van der Waals surface area contributed by atoms with Gasteiger partial charge in [0.2, 0.25) is 0 Å². The van der Waals surface area contributed by atoms with Crippen molar-refractivity contribution in [1.82, 2.24) is 5.32 Å². The van der Waals surface area contributed by atoms with Crippen LogP contribution in [0.4, 0.5) is 0 Å². The molecule has 2 heteroatoms. The first-order valence-electron chi connectivity index (χ1n) is 7.16. The smallest absolute Gasteiger partial charge is 0.00699 e. The Balaban J connectivity index is 1.39. The van der Waals surface area contributed by atoms with Gasteiger partial charge in [0.15, 0.2) is 0 Å². The lowest BCUT2D eigenvalue weighted by Crippen LogP contribution is -2.35. The summed E-state index contributed by atoms with van der Waals surface area (Å²) in [5.74, 6) is 2.17. The topological polar surface area (TPSA) is 12.0 Å². The van der Waals surface area contributed by atoms with Crippen molar-refractivity contribution in [2.75, 3.05) is 6.54 Å². The highest BCUT2D eigenvalue weighted by molar-refractivity contribution is 7.07. The molecule has 0 radical (unpaired) electrons. The van der Waals surface area contributed by atoms with Crippen LogP contribution in [0, 0.1) is 11.8 Å². The van der Waals surface area contributed by atoms with Crippen molar-refractivity contribution in [3.8, 4) is 0 Å². The zero-order valence-corrected chi connectivity index (χ0v) is 11.3. The van der Waals surface area contributed by atoms with Crippen LogP contribution >= 0.6 is 11.3 Å². The summed E-state index contributed by atoms with van der Waals surface area (Å²) in [6, 6.07) is 3.06. The minimum Gasteiger partial charge on any atom is -0.314 e. The van der Waals surface area contributed by atoms with E-state index in [1.165, 1.54) is 57.1 Å². The first-order chi connectivity index (χ1) is 8.42. The Hall–Kier alpha value is -0.340. The first-order valence-corrected chi connectivity index (χ1v) is 8.10. The van der Waals surface area contributed by atoms with Crippen molar-refractivity contribution >= 4 is 11.3 Å². The molecule has 1 aromatic heterocycles. The van der Waals surface area contributed by atoms with E-state index in [0.29, 0.717) is 0 Å². The third kappa shape index (κ3) is 3.32. The minimum absolute atomic E-state index is 0.813. The lowest BCUT2D eigenvalue weighted by Gasteiger charge is -2.30. The maximum Gasteiger partial charge on any atom is 0.00699 e. The average molecular weight is 249 g/mol. The number of thiophene rings is 1. The highest BCUT2D eigenvalue weighted by Crippen LogP contribution is 2.43. The summed E-state index contributed by atoms with van der Waals surface area (Å²) in [5, 5.41) is 8.23. The Kier molecular flexibility index (Phi) is 3.82. The molecule has 1 N–H and O–H groups in total. The van der Waals surface area contributed by atoms with Gasteiger partial charge in [-0.25, -0.2) is 0 Å². The van der Waals surface area contributed by atoms with Crippen molar-refractivity contribution < 1.29 is 0 Å². The SMILES string of the molecule is c1cc(CCNC2CCCC(C3CC3)C2)cs1. The molecule has 0 aliphatic heterocycles. The number of hydrogen-bond acceptors (Lipinski definition) is 2. The molecule has 2 unspecified atom stereocenters. The van der Waals surface area contributed by atoms with E-state index in [0.717, 1.165) is 17.9 Å². The van der Waals surface area contributed by atoms with Crippen LogP contribution in [0.1, 0.15) is 44.1 Å². The Morgan fingerprint density at radius 1 is 1.18 bits per heavy atom. The zero-order chi connectivity index (χ0) is 11.5. The molecule has 2 fully saturated rings. The molecule has 1 heterocycles. The zero-order valence-electron chi connectivity index (χ0n) is 10.5. The highest BCUT2D eigenvalue weighted by Gasteiger charge is 2.34. The van der Waals surface area contributed by atoms with Crippen LogP contribution in [0.3, 0.4) is 0 Å².